The van der Waals surface area contributed by atoms with Crippen LogP contribution in [-0.2, 0) is 6.42 Å². The highest BCUT2D eigenvalue weighted by atomic mass is 79.9. The van der Waals surface area contributed by atoms with E-state index >= 15 is 0 Å². The summed E-state index contributed by atoms with van der Waals surface area (Å²) in [5.41, 5.74) is 1.92. The predicted molar refractivity (Wildman–Crippen MR) is 73.8 cm³/mol. The van der Waals surface area contributed by atoms with Crippen LogP contribution in [0.4, 0.5) is 0 Å². The highest BCUT2D eigenvalue weighted by molar-refractivity contribution is 9.10. The molecule has 1 N–H and O–H groups in total. The number of benzene rings is 1. The Hall–Kier alpha value is -1.81. The quantitative estimate of drug-likeness (QED) is 0.788. The molecule has 4 heteroatoms. The highest BCUT2D eigenvalue weighted by Crippen LogP contribution is 2.20. The van der Waals surface area contributed by atoms with E-state index < -0.39 is 0 Å². The number of nitrogens with zero attached hydrogens (tertiary/aromatic N) is 2. The minimum atomic E-state index is 0.255. The third-order valence-electron chi connectivity index (χ3n) is 2.88. The maximum atomic E-state index is 9.73. The van der Waals surface area contributed by atoms with Crippen LogP contribution in [-0.4, -0.2) is 14.5 Å². The van der Waals surface area contributed by atoms with Crippen LogP contribution in [0, 0.1) is 0 Å². The smallest absolute Gasteiger partial charge is 0.141 e. The van der Waals surface area contributed by atoms with Gasteiger partial charge < -0.3 is 9.51 Å². The SMILES string of the molecule is Oc1cccn2c(Cc3cccc(Br)c3)ncc12. The van der Waals surface area contributed by atoms with Gasteiger partial charge in [0.25, 0.3) is 0 Å². The van der Waals surface area contributed by atoms with Crippen LogP contribution < -0.4 is 0 Å². The summed E-state index contributed by atoms with van der Waals surface area (Å²) in [6.45, 7) is 0. The van der Waals surface area contributed by atoms with Gasteiger partial charge in [-0.2, -0.15) is 0 Å². The van der Waals surface area contributed by atoms with Crippen molar-refractivity contribution in [2.75, 3.05) is 0 Å². The van der Waals surface area contributed by atoms with Crippen LogP contribution in [0.25, 0.3) is 5.52 Å². The molecule has 1 aromatic carbocycles. The standard InChI is InChI=1S/C14H11BrN2O/c15-11-4-1-3-10(7-11)8-14-16-9-12-13(18)5-2-6-17(12)14/h1-7,9,18H,8H2. The summed E-state index contributed by atoms with van der Waals surface area (Å²) in [4.78, 5) is 4.37. The molecule has 0 atom stereocenters. The van der Waals surface area contributed by atoms with Crippen molar-refractivity contribution in [3.63, 3.8) is 0 Å². The average molecular weight is 303 g/mol. The zero-order valence-electron chi connectivity index (χ0n) is 9.55. The van der Waals surface area contributed by atoms with Crippen LogP contribution in [0.3, 0.4) is 0 Å². The van der Waals surface area contributed by atoms with E-state index in [9.17, 15) is 5.11 Å². The topological polar surface area (TPSA) is 37.5 Å². The van der Waals surface area contributed by atoms with Crippen LogP contribution in [0.2, 0.25) is 0 Å². The van der Waals surface area contributed by atoms with Gasteiger partial charge in [-0.05, 0) is 29.8 Å². The number of pyridine rings is 1. The van der Waals surface area contributed by atoms with Crippen LogP contribution in [0.1, 0.15) is 11.4 Å². The molecule has 2 aromatic heterocycles. The third-order valence-corrected chi connectivity index (χ3v) is 3.37. The Labute approximate surface area is 113 Å². The molecule has 0 bridgehead atoms. The lowest BCUT2D eigenvalue weighted by Crippen LogP contribution is -1.96. The number of fused-ring (bicyclic) bond motifs is 1. The first-order valence-corrected chi connectivity index (χ1v) is 6.42. The molecule has 0 unspecified atom stereocenters. The van der Waals surface area contributed by atoms with Gasteiger partial charge in [-0.1, -0.05) is 28.1 Å². The van der Waals surface area contributed by atoms with Gasteiger partial charge in [0.1, 0.15) is 17.1 Å². The van der Waals surface area contributed by atoms with Crippen molar-refractivity contribution in [3.8, 4) is 5.75 Å². The second-order valence-electron chi connectivity index (χ2n) is 4.13. The summed E-state index contributed by atoms with van der Waals surface area (Å²) in [5, 5.41) is 9.73. The van der Waals surface area contributed by atoms with E-state index in [0.29, 0.717) is 0 Å². The third kappa shape index (κ3) is 1.99. The van der Waals surface area contributed by atoms with Crippen molar-refractivity contribution in [2.24, 2.45) is 0 Å². The van der Waals surface area contributed by atoms with E-state index in [1.54, 1.807) is 12.3 Å². The maximum Gasteiger partial charge on any atom is 0.141 e. The van der Waals surface area contributed by atoms with E-state index in [-0.39, 0.29) is 5.75 Å². The monoisotopic (exact) mass is 302 g/mol. The first-order valence-electron chi connectivity index (χ1n) is 5.62. The molecular weight excluding hydrogens is 292 g/mol. The zero-order valence-corrected chi connectivity index (χ0v) is 11.1. The fourth-order valence-corrected chi connectivity index (χ4v) is 2.47. The van der Waals surface area contributed by atoms with Gasteiger partial charge in [-0.3, -0.25) is 0 Å². The molecule has 0 aliphatic heterocycles. The van der Waals surface area contributed by atoms with Crippen molar-refractivity contribution in [1.82, 2.24) is 9.38 Å². The zero-order chi connectivity index (χ0) is 12.5. The summed E-state index contributed by atoms with van der Waals surface area (Å²) < 4.78 is 2.97. The number of imidazole rings is 1. The van der Waals surface area contributed by atoms with E-state index in [2.05, 4.69) is 33.0 Å². The second kappa shape index (κ2) is 4.46. The normalized spacial score (nSPS) is 10.9. The molecule has 18 heavy (non-hydrogen) atoms. The molecule has 0 radical (unpaired) electrons. The Bertz CT molecular complexity index is 706. The Morgan fingerprint density at radius 1 is 1.22 bits per heavy atom. The molecule has 0 saturated carbocycles. The Morgan fingerprint density at radius 3 is 2.94 bits per heavy atom. The van der Waals surface area contributed by atoms with Crippen molar-refractivity contribution < 1.29 is 5.11 Å². The summed E-state index contributed by atoms with van der Waals surface area (Å²) in [7, 11) is 0. The Kier molecular flexibility index (Phi) is 2.80. The van der Waals surface area contributed by atoms with Crippen molar-refractivity contribution in [1.29, 1.82) is 0 Å². The largest absolute Gasteiger partial charge is 0.506 e. The fraction of sp³-hybridized carbons (Fsp3) is 0.0714. The summed E-state index contributed by atoms with van der Waals surface area (Å²) >= 11 is 3.46. The lowest BCUT2D eigenvalue weighted by atomic mass is 10.1. The number of hydrogen-bond acceptors (Lipinski definition) is 2. The molecule has 3 rings (SSSR count). The number of aromatic hydroxyl groups is 1. The van der Waals surface area contributed by atoms with E-state index in [4.69, 9.17) is 0 Å². The van der Waals surface area contributed by atoms with Gasteiger partial charge in [0.05, 0.1) is 6.20 Å². The molecular formula is C14H11BrN2O. The highest BCUT2D eigenvalue weighted by Gasteiger charge is 2.07. The molecule has 0 amide bonds. The summed E-state index contributed by atoms with van der Waals surface area (Å²) in [6, 6.07) is 11.6. The van der Waals surface area contributed by atoms with E-state index in [1.807, 2.05) is 28.8 Å². The van der Waals surface area contributed by atoms with Crippen LogP contribution in [0.5, 0.6) is 5.75 Å². The van der Waals surface area contributed by atoms with Gasteiger partial charge in [0, 0.05) is 17.1 Å². The minimum Gasteiger partial charge on any atom is -0.506 e. The van der Waals surface area contributed by atoms with Crippen molar-refractivity contribution in [2.45, 2.75) is 6.42 Å². The first-order chi connectivity index (χ1) is 8.74. The number of aromatic nitrogens is 2. The van der Waals surface area contributed by atoms with E-state index in [0.717, 1.165) is 22.2 Å². The fourth-order valence-electron chi connectivity index (χ4n) is 2.02. The van der Waals surface area contributed by atoms with Gasteiger partial charge in [-0.15, -0.1) is 0 Å². The molecule has 3 nitrogen and oxygen atoms in total. The van der Waals surface area contributed by atoms with Crippen molar-refractivity contribution in [3.05, 3.63) is 64.7 Å². The lowest BCUT2D eigenvalue weighted by Gasteiger charge is -2.03. The second-order valence-corrected chi connectivity index (χ2v) is 5.05. The predicted octanol–water partition coefficient (Wildman–Crippen LogP) is 3.39. The van der Waals surface area contributed by atoms with E-state index in [1.165, 1.54) is 5.56 Å². The molecule has 0 fully saturated rings. The van der Waals surface area contributed by atoms with Crippen LogP contribution in [0.15, 0.2) is 53.3 Å². The molecule has 90 valence electrons. The van der Waals surface area contributed by atoms with Gasteiger partial charge >= 0.3 is 0 Å². The number of hydrogen-bond donors (Lipinski definition) is 1. The van der Waals surface area contributed by atoms with Crippen molar-refractivity contribution >= 4 is 21.4 Å². The molecule has 0 aliphatic rings. The molecule has 2 heterocycles. The number of rotatable bonds is 2. The molecule has 3 aromatic rings. The first kappa shape index (κ1) is 11.3. The lowest BCUT2D eigenvalue weighted by molar-refractivity contribution is 0.479. The number of halogens is 1. The molecule has 0 saturated heterocycles. The molecule has 0 aliphatic carbocycles. The van der Waals surface area contributed by atoms with Crippen LogP contribution >= 0.6 is 15.9 Å². The Balaban J connectivity index is 2.03. The summed E-state index contributed by atoms with van der Waals surface area (Å²) in [5.74, 6) is 1.17. The maximum absolute atomic E-state index is 9.73. The summed E-state index contributed by atoms with van der Waals surface area (Å²) in [6.07, 6.45) is 4.34. The Morgan fingerprint density at radius 2 is 2.11 bits per heavy atom. The molecule has 0 spiro atoms. The minimum absolute atomic E-state index is 0.255. The van der Waals surface area contributed by atoms with Gasteiger partial charge in [0.15, 0.2) is 0 Å². The van der Waals surface area contributed by atoms with Gasteiger partial charge in [0.2, 0.25) is 0 Å². The average Bonchev–Trinajstić information content (AvgIpc) is 2.74. The van der Waals surface area contributed by atoms with Gasteiger partial charge in [-0.25, -0.2) is 4.98 Å².